The van der Waals surface area contributed by atoms with Gasteiger partial charge in [0.05, 0.1) is 5.60 Å². The standard InChI is InChI=1S/C18H33N3O2/c1-20(2)16-7-6-11-21(14-16)17(22)19-15-8-12-23-18(13-15)9-4-3-5-10-18/h15-16H,3-14H2,1-2H3,(H,19,22)/t15-,16+/m0/s1. The number of amides is 2. The Morgan fingerprint density at radius 2 is 1.96 bits per heavy atom. The van der Waals surface area contributed by atoms with E-state index in [-0.39, 0.29) is 17.7 Å². The quantitative estimate of drug-likeness (QED) is 0.849. The predicted octanol–water partition coefficient (Wildman–Crippen LogP) is 2.60. The number of piperidine rings is 1. The Kier molecular flexibility index (Phi) is 5.47. The van der Waals surface area contributed by atoms with E-state index in [0.29, 0.717) is 6.04 Å². The van der Waals surface area contributed by atoms with Crippen LogP contribution in [0.1, 0.15) is 57.8 Å². The van der Waals surface area contributed by atoms with Crippen molar-refractivity contribution < 1.29 is 9.53 Å². The van der Waals surface area contributed by atoms with Gasteiger partial charge in [-0.2, -0.15) is 0 Å². The second-order valence-corrected chi connectivity index (χ2v) is 7.94. The molecule has 0 unspecified atom stereocenters. The number of carbonyl (C=O) groups excluding carboxylic acids is 1. The Labute approximate surface area is 140 Å². The molecule has 5 nitrogen and oxygen atoms in total. The lowest BCUT2D eigenvalue weighted by atomic mass is 9.78. The van der Waals surface area contributed by atoms with Crippen LogP contribution in [0.15, 0.2) is 0 Å². The van der Waals surface area contributed by atoms with Gasteiger partial charge in [0, 0.05) is 31.8 Å². The van der Waals surface area contributed by atoms with Gasteiger partial charge >= 0.3 is 6.03 Å². The lowest BCUT2D eigenvalue weighted by Crippen LogP contribution is -2.55. The van der Waals surface area contributed by atoms with E-state index >= 15 is 0 Å². The first kappa shape index (κ1) is 17.0. The highest BCUT2D eigenvalue weighted by Crippen LogP contribution is 2.38. The first-order valence-electron chi connectivity index (χ1n) is 9.44. The van der Waals surface area contributed by atoms with Gasteiger partial charge in [0.2, 0.25) is 0 Å². The van der Waals surface area contributed by atoms with Crippen LogP contribution in [0.3, 0.4) is 0 Å². The zero-order valence-corrected chi connectivity index (χ0v) is 14.9. The number of ether oxygens (including phenoxy) is 1. The highest BCUT2D eigenvalue weighted by Gasteiger charge is 2.39. The molecule has 2 saturated heterocycles. The number of nitrogens with zero attached hydrogens (tertiary/aromatic N) is 2. The second-order valence-electron chi connectivity index (χ2n) is 7.94. The molecule has 2 heterocycles. The maximum atomic E-state index is 12.7. The fourth-order valence-electron chi connectivity index (χ4n) is 4.52. The summed E-state index contributed by atoms with van der Waals surface area (Å²) in [6.07, 6.45) is 10.5. The molecule has 2 amide bonds. The van der Waals surface area contributed by atoms with Gasteiger partial charge in [-0.1, -0.05) is 19.3 Å². The summed E-state index contributed by atoms with van der Waals surface area (Å²) < 4.78 is 6.14. The summed E-state index contributed by atoms with van der Waals surface area (Å²) in [6.45, 7) is 2.54. The Bertz CT molecular complexity index is 402. The van der Waals surface area contributed by atoms with Crippen molar-refractivity contribution in [2.24, 2.45) is 0 Å². The van der Waals surface area contributed by atoms with Crippen molar-refractivity contribution in [1.82, 2.24) is 15.1 Å². The lowest BCUT2D eigenvalue weighted by Gasteiger charge is -2.44. The number of hydrogen-bond donors (Lipinski definition) is 1. The number of urea groups is 1. The normalized spacial score (nSPS) is 31.3. The van der Waals surface area contributed by atoms with E-state index in [2.05, 4.69) is 24.3 Å². The van der Waals surface area contributed by atoms with Crippen LogP contribution in [0.5, 0.6) is 0 Å². The van der Waals surface area contributed by atoms with Gasteiger partial charge in [0.15, 0.2) is 0 Å². The van der Waals surface area contributed by atoms with Crippen LogP contribution < -0.4 is 5.32 Å². The maximum Gasteiger partial charge on any atom is 0.317 e. The van der Waals surface area contributed by atoms with Crippen molar-refractivity contribution in [3.63, 3.8) is 0 Å². The summed E-state index contributed by atoms with van der Waals surface area (Å²) in [5.74, 6) is 0. The number of hydrogen-bond acceptors (Lipinski definition) is 3. The summed E-state index contributed by atoms with van der Waals surface area (Å²) in [5, 5.41) is 3.31. The van der Waals surface area contributed by atoms with Crippen molar-refractivity contribution in [1.29, 1.82) is 0 Å². The molecular weight excluding hydrogens is 290 g/mol. The number of rotatable bonds is 2. The summed E-state index contributed by atoms with van der Waals surface area (Å²) in [4.78, 5) is 16.9. The third kappa shape index (κ3) is 4.18. The Morgan fingerprint density at radius 1 is 1.17 bits per heavy atom. The third-order valence-corrected chi connectivity index (χ3v) is 6.00. The lowest BCUT2D eigenvalue weighted by molar-refractivity contribution is -0.108. The van der Waals surface area contributed by atoms with E-state index in [1.807, 2.05) is 4.90 Å². The molecular formula is C18H33N3O2. The summed E-state index contributed by atoms with van der Waals surface area (Å²) >= 11 is 0. The molecule has 0 bridgehead atoms. The van der Waals surface area contributed by atoms with Crippen molar-refractivity contribution in [3.05, 3.63) is 0 Å². The van der Waals surface area contributed by atoms with Crippen molar-refractivity contribution >= 4 is 6.03 Å². The first-order valence-corrected chi connectivity index (χ1v) is 9.44. The molecule has 132 valence electrons. The van der Waals surface area contributed by atoms with E-state index in [0.717, 1.165) is 39.0 Å². The number of nitrogens with one attached hydrogen (secondary N) is 1. The van der Waals surface area contributed by atoms with E-state index in [1.54, 1.807) is 0 Å². The molecule has 23 heavy (non-hydrogen) atoms. The molecule has 0 aromatic heterocycles. The zero-order valence-electron chi connectivity index (χ0n) is 14.9. The van der Waals surface area contributed by atoms with Gasteiger partial charge < -0.3 is 19.9 Å². The van der Waals surface area contributed by atoms with Crippen LogP contribution in [0.4, 0.5) is 4.79 Å². The number of likely N-dealkylation sites (tertiary alicyclic amines) is 1. The van der Waals surface area contributed by atoms with Gasteiger partial charge in [-0.25, -0.2) is 4.79 Å². The predicted molar refractivity (Wildman–Crippen MR) is 91.6 cm³/mol. The molecule has 1 spiro atoms. The monoisotopic (exact) mass is 323 g/mol. The van der Waals surface area contributed by atoms with Crippen LogP contribution >= 0.6 is 0 Å². The zero-order chi connectivity index (χ0) is 16.3. The minimum absolute atomic E-state index is 0.0581. The highest BCUT2D eigenvalue weighted by molar-refractivity contribution is 5.74. The first-order chi connectivity index (χ1) is 11.1. The van der Waals surface area contributed by atoms with Crippen LogP contribution in [0.2, 0.25) is 0 Å². The van der Waals surface area contributed by atoms with Crippen LogP contribution in [-0.4, -0.2) is 67.3 Å². The smallest absolute Gasteiger partial charge is 0.317 e. The number of carbonyl (C=O) groups is 1. The average molecular weight is 323 g/mol. The minimum atomic E-state index is 0.0581. The summed E-state index contributed by atoms with van der Waals surface area (Å²) in [5.41, 5.74) is 0.0581. The van der Waals surface area contributed by atoms with Gasteiger partial charge in [0.1, 0.15) is 0 Å². The third-order valence-electron chi connectivity index (χ3n) is 6.00. The van der Waals surface area contributed by atoms with E-state index < -0.39 is 0 Å². The second kappa shape index (κ2) is 7.39. The van der Waals surface area contributed by atoms with Crippen molar-refractivity contribution in [2.45, 2.75) is 75.5 Å². The largest absolute Gasteiger partial charge is 0.375 e. The van der Waals surface area contributed by atoms with Gasteiger partial charge in [-0.15, -0.1) is 0 Å². The molecule has 5 heteroatoms. The molecule has 0 radical (unpaired) electrons. The fourth-order valence-corrected chi connectivity index (χ4v) is 4.52. The van der Waals surface area contributed by atoms with Crippen molar-refractivity contribution in [3.8, 4) is 0 Å². The SMILES string of the molecule is CN(C)[C@@H]1CCCN(C(=O)N[C@H]2CCOC3(CCCCC3)C2)C1. The molecule has 3 rings (SSSR count). The molecule has 2 aliphatic heterocycles. The van der Waals surface area contributed by atoms with Crippen LogP contribution in [0, 0.1) is 0 Å². The molecule has 1 N–H and O–H groups in total. The maximum absolute atomic E-state index is 12.7. The Balaban J connectivity index is 1.53. The Hall–Kier alpha value is -0.810. The van der Waals surface area contributed by atoms with Gasteiger partial charge in [-0.05, 0) is 52.6 Å². The van der Waals surface area contributed by atoms with E-state index in [4.69, 9.17) is 4.74 Å². The van der Waals surface area contributed by atoms with Crippen molar-refractivity contribution in [2.75, 3.05) is 33.8 Å². The molecule has 2 atom stereocenters. The number of likely N-dealkylation sites (N-methyl/N-ethyl adjacent to an activating group) is 1. The average Bonchev–Trinajstić information content (AvgIpc) is 2.55. The topological polar surface area (TPSA) is 44.8 Å². The van der Waals surface area contributed by atoms with E-state index in [9.17, 15) is 4.79 Å². The molecule has 0 aromatic rings. The molecule has 1 aliphatic carbocycles. The molecule has 0 aromatic carbocycles. The van der Waals surface area contributed by atoms with Crippen LogP contribution in [-0.2, 0) is 4.74 Å². The minimum Gasteiger partial charge on any atom is -0.375 e. The summed E-state index contributed by atoms with van der Waals surface area (Å²) in [7, 11) is 4.22. The van der Waals surface area contributed by atoms with Gasteiger partial charge in [0.25, 0.3) is 0 Å². The molecule has 3 fully saturated rings. The molecule has 1 saturated carbocycles. The van der Waals surface area contributed by atoms with Crippen LogP contribution in [0.25, 0.3) is 0 Å². The summed E-state index contributed by atoms with van der Waals surface area (Å²) in [6, 6.07) is 0.914. The fraction of sp³-hybridized carbons (Fsp3) is 0.944. The Morgan fingerprint density at radius 3 is 2.70 bits per heavy atom. The highest BCUT2D eigenvalue weighted by atomic mass is 16.5. The van der Waals surface area contributed by atoms with E-state index in [1.165, 1.54) is 38.5 Å². The van der Waals surface area contributed by atoms with Gasteiger partial charge in [-0.3, -0.25) is 0 Å². The molecule has 3 aliphatic rings.